The second kappa shape index (κ2) is 10.1. The van der Waals surface area contributed by atoms with Crippen molar-refractivity contribution in [3.63, 3.8) is 0 Å². The van der Waals surface area contributed by atoms with E-state index in [-0.39, 0.29) is 0 Å². The number of rotatable bonds is 10. The Morgan fingerprint density at radius 1 is 0.947 bits per heavy atom. The summed E-state index contributed by atoms with van der Waals surface area (Å²) < 4.78 is 16.8. The molecule has 0 saturated carbocycles. The first kappa shape index (κ1) is 16.3. The molecule has 0 aliphatic rings. The molecule has 0 aromatic heterocycles. The lowest BCUT2D eigenvalue weighted by atomic mass is 10.2. The lowest BCUT2D eigenvalue weighted by Crippen LogP contribution is -2.08. The molecule has 0 N–H and O–H groups in total. The van der Waals surface area contributed by atoms with E-state index in [9.17, 15) is 0 Å². The summed E-state index contributed by atoms with van der Waals surface area (Å²) in [5.74, 6) is 1.72. The number of hydrogen-bond donors (Lipinski definition) is 0. The van der Waals surface area contributed by atoms with Crippen LogP contribution in [0.3, 0.4) is 0 Å². The third kappa shape index (κ3) is 6.30. The van der Waals surface area contributed by atoms with Gasteiger partial charge in [-0.25, -0.2) is 0 Å². The highest BCUT2D eigenvalue weighted by molar-refractivity contribution is 9.08. The van der Waals surface area contributed by atoms with Crippen LogP contribution in [0.4, 0.5) is 0 Å². The highest BCUT2D eigenvalue weighted by Crippen LogP contribution is 2.26. The monoisotopic (exact) mass is 330 g/mol. The van der Waals surface area contributed by atoms with Crippen molar-refractivity contribution >= 4 is 15.9 Å². The van der Waals surface area contributed by atoms with Gasteiger partial charge in [-0.05, 0) is 18.9 Å². The van der Waals surface area contributed by atoms with Crippen molar-refractivity contribution in [1.29, 1.82) is 0 Å². The molecule has 3 nitrogen and oxygen atoms in total. The first-order valence-electron chi connectivity index (χ1n) is 6.84. The minimum Gasteiger partial charge on any atom is -0.493 e. The number of halogens is 1. The van der Waals surface area contributed by atoms with E-state index in [4.69, 9.17) is 14.2 Å². The Bertz CT molecular complexity index is 355. The Morgan fingerprint density at radius 3 is 2.42 bits per heavy atom. The Hall–Kier alpha value is -0.740. The minimum absolute atomic E-state index is 0.567. The highest BCUT2D eigenvalue weighted by Gasteiger charge is 2.05. The lowest BCUT2D eigenvalue weighted by Gasteiger charge is -2.12. The Morgan fingerprint density at radius 2 is 1.74 bits per heavy atom. The zero-order valence-corrected chi connectivity index (χ0v) is 13.4. The molecule has 0 spiro atoms. The maximum absolute atomic E-state index is 5.76. The molecule has 1 rings (SSSR count). The molecule has 1 aromatic rings. The van der Waals surface area contributed by atoms with E-state index in [0.29, 0.717) is 13.2 Å². The summed E-state index contributed by atoms with van der Waals surface area (Å²) in [6.07, 6.45) is 2.04. The van der Waals surface area contributed by atoms with Gasteiger partial charge in [0.15, 0.2) is 0 Å². The van der Waals surface area contributed by atoms with Gasteiger partial charge in [0.25, 0.3) is 0 Å². The average Bonchev–Trinajstić information content (AvgIpc) is 2.45. The first-order valence-corrected chi connectivity index (χ1v) is 7.96. The number of hydrogen-bond acceptors (Lipinski definition) is 3. The summed E-state index contributed by atoms with van der Waals surface area (Å²) in [5.41, 5.74) is 1.12. The van der Waals surface area contributed by atoms with E-state index in [0.717, 1.165) is 48.4 Å². The van der Waals surface area contributed by atoms with E-state index in [1.807, 2.05) is 18.2 Å². The molecule has 0 saturated heterocycles. The average molecular weight is 331 g/mol. The van der Waals surface area contributed by atoms with Crippen molar-refractivity contribution in [1.82, 2.24) is 0 Å². The van der Waals surface area contributed by atoms with Gasteiger partial charge in [-0.1, -0.05) is 35.8 Å². The van der Waals surface area contributed by atoms with Crippen molar-refractivity contribution in [2.45, 2.75) is 32.0 Å². The molecule has 0 heterocycles. The van der Waals surface area contributed by atoms with Crippen molar-refractivity contribution in [2.75, 3.05) is 26.4 Å². The molecule has 0 aliphatic heterocycles. The van der Waals surface area contributed by atoms with E-state index >= 15 is 0 Å². The molecule has 0 bridgehead atoms. The topological polar surface area (TPSA) is 27.7 Å². The van der Waals surface area contributed by atoms with Crippen LogP contribution in [0.1, 0.15) is 32.3 Å². The smallest absolute Gasteiger partial charge is 0.127 e. The number of benzene rings is 1. The van der Waals surface area contributed by atoms with Gasteiger partial charge in [0.2, 0.25) is 0 Å². The largest absolute Gasteiger partial charge is 0.493 e. The van der Waals surface area contributed by atoms with Crippen molar-refractivity contribution in [3.8, 4) is 11.5 Å². The molecule has 1 aromatic carbocycles. The van der Waals surface area contributed by atoms with Gasteiger partial charge < -0.3 is 14.2 Å². The van der Waals surface area contributed by atoms with Gasteiger partial charge in [-0.3, -0.25) is 0 Å². The van der Waals surface area contributed by atoms with Crippen LogP contribution >= 0.6 is 15.9 Å². The third-order valence-electron chi connectivity index (χ3n) is 2.49. The predicted molar refractivity (Wildman–Crippen MR) is 81.5 cm³/mol. The molecule has 0 fully saturated rings. The molecular weight excluding hydrogens is 308 g/mol. The number of alkyl halides is 1. The van der Waals surface area contributed by atoms with Gasteiger partial charge in [-0.2, -0.15) is 0 Å². The van der Waals surface area contributed by atoms with Gasteiger partial charge >= 0.3 is 0 Å². The van der Waals surface area contributed by atoms with Gasteiger partial charge in [0, 0.05) is 23.6 Å². The molecule has 108 valence electrons. The van der Waals surface area contributed by atoms with E-state index in [1.54, 1.807) is 0 Å². The molecule has 0 radical (unpaired) electrons. The van der Waals surface area contributed by atoms with Crippen molar-refractivity contribution in [3.05, 3.63) is 23.8 Å². The van der Waals surface area contributed by atoms with Gasteiger partial charge in [-0.15, -0.1) is 0 Å². The maximum atomic E-state index is 5.76. The molecular formula is C15H23BrO3. The second-order valence-electron chi connectivity index (χ2n) is 4.21. The lowest BCUT2D eigenvalue weighted by molar-refractivity contribution is 0.100. The van der Waals surface area contributed by atoms with Crippen LogP contribution in [0.15, 0.2) is 18.2 Å². The summed E-state index contributed by atoms with van der Waals surface area (Å²) in [6, 6.07) is 5.96. The summed E-state index contributed by atoms with van der Waals surface area (Å²) in [5, 5.41) is 0.770. The molecule has 0 aliphatic carbocycles. The van der Waals surface area contributed by atoms with Crippen LogP contribution in [0.25, 0.3) is 0 Å². The molecule has 19 heavy (non-hydrogen) atoms. The minimum atomic E-state index is 0.567. The van der Waals surface area contributed by atoms with E-state index in [1.165, 1.54) is 0 Å². The van der Waals surface area contributed by atoms with Crippen molar-refractivity contribution < 1.29 is 14.2 Å². The summed E-state index contributed by atoms with van der Waals surface area (Å²) >= 11 is 3.47. The molecule has 0 atom stereocenters. The van der Waals surface area contributed by atoms with E-state index < -0.39 is 0 Å². The summed E-state index contributed by atoms with van der Waals surface area (Å²) in [6.45, 7) is 6.89. The highest BCUT2D eigenvalue weighted by atomic mass is 79.9. The van der Waals surface area contributed by atoms with Crippen LogP contribution in [0, 0.1) is 0 Å². The first-order chi connectivity index (χ1) is 9.31. The normalized spacial score (nSPS) is 10.5. The van der Waals surface area contributed by atoms with Crippen LogP contribution in [-0.4, -0.2) is 26.4 Å². The maximum Gasteiger partial charge on any atom is 0.127 e. The standard InChI is InChI=1S/C15H23BrO3/c1-3-7-17-9-10-19-15-11-14(18-8-4-2)6-5-13(15)12-16/h5-6,11H,3-4,7-10,12H2,1-2H3. The Labute approximate surface area is 124 Å². The summed E-state index contributed by atoms with van der Waals surface area (Å²) in [4.78, 5) is 0. The van der Waals surface area contributed by atoms with Crippen LogP contribution in [0.5, 0.6) is 11.5 Å². The van der Waals surface area contributed by atoms with Crippen LogP contribution < -0.4 is 9.47 Å². The van der Waals surface area contributed by atoms with Gasteiger partial charge in [0.05, 0.1) is 13.2 Å². The van der Waals surface area contributed by atoms with Crippen molar-refractivity contribution in [2.24, 2.45) is 0 Å². The van der Waals surface area contributed by atoms with E-state index in [2.05, 4.69) is 29.8 Å². The molecule has 4 heteroatoms. The zero-order valence-electron chi connectivity index (χ0n) is 11.8. The zero-order chi connectivity index (χ0) is 13.9. The second-order valence-corrected chi connectivity index (χ2v) is 4.77. The fraction of sp³-hybridized carbons (Fsp3) is 0.600. The Balaban J connectivity index is 2.52. The fourth-order valence-corrected chi connectivity index (χ4v) is 2.01. The fourth-order valence-electron chi connectivity index (χ4n) is 1.55. The third-order valence-corrected chi connectivity index (χ3v) is 3.09. The van der Waals surface area contributed by atoms with Crippen LogP contribution in [0.2, 0.25) is 0 Å². The number of ether oxygens (including phenoxy) is 3. The van der Waals surface area contributed by atoms with Crippen LogP contribution in [-0.2, 0) is 10.1 Å². The molecule has 0 amide bonds. The molecule has 0 unspecified atom stereocenters. The SMILES string of the molecule is CCCOCCOc1cc(OCCC)ccc1CBr. The quantitative estimate of drug-likeness (QED) is 0.476. The van der Waals surface area contributed by atoms with Gasteiger partial charge in [0.1, 0.15) is 18.1 Å². The Kier molecular flexibility index (Phi) is 8.67. The summed E-state index contributed by atoms with van der Waals surface area (Å²) in [7, 11) is 0. The predicted octanol–water partition coefficient (Wildman–Crippen LogP) is 4.18.